The van der Waals surface area contributed by atoms with Gasteiger partial charge in [-0.1, -0.05) is 0 Å². The van der Waals surface area contributed by atoms with E-state index in [2.05, 4.69) is 20.4 Å². The number of hydrazine groups is 1. The fraction of sp³-hybridized carbons (Fsp3) is 0.700. The van der Waals surface area contributed by atoms with Crippen molar-refractivity contribution in [2.45, 2.75) is 20.0 Å². The molecule has 1 aromatic rings. The van der Waals surface area contributed by atoms with Crippen molar-refractivity contribution in [2.75, 3.05) is 35.9 Å². The third-order valence-corrected chi connectivity index (χ3v) is 3.14. The smallest absolute Gasteiger partial charge is 0.323 e. The molecule has 20 heavy (non-hydrogen) atoms. The molecule has 0 spiro atoms. The summed E-state index contributed by atoms with van der Waals surface area (Å²) >= 11 is 0. The minimum Gasteiger partial charge on any atom is -0.461 e. The Morgan fingerprint density at radius 1 is 1.35 bits per heavy atom. The van der Waals surface area contributed by atoms with Gasteiger partial charge in [-0.25, -0.2) is 14.3 Å². The predicted octanol–water partition coefficient (Wildman–Crippen LogP) is -0.575. The van der Waals surface area contributed by atoms with Crippen LogP contribution in [0.5, 0.6) is 6.01 Å². The maximum atomic E-state index is 11.2. The molecule has 1 heterocycles. The number of nitrogen functional groups attached to an aromatic ring is 1. The number of rotatable bonds is 7. The van der Waals surface area contributed by atoms with Crippen molar-refractivity contribution in [3.8, 4) is 6.01 Å². The van der Waals surface area contributed by atoms with Crippen LogP contribution < -0.4 is 20.9 Å². The van der Waals surface area contributed by atoms with E-state index in [0.29, 0.717) is 0 Å². The molecule has 1 aromatic heterocycles. The van der Waals surface area contributed by atoms with Crippen LogP contribution >= 0.6 is 0 Å². The molecule has 0 aromatic carbocycles. The Bertz CT molecular complexity index is 548. The summed E-state index contributed by atoms with van der Waals surface area (Å²) in [4.78, 5) is 13.7. The van der Waals surface area contributed by atoms with Crippen molar-refractivity contribution in [3.63, 3.8) is 0 Å². The molecule has 0 aliphatic rings. The molecule has 0 saturated heterocycles. The lowest BCUT2D eigenvalue weighted by Crippen LogP contribution is -2.27. The third kappa shape index (κ3) is 5.53. The number of hydrogen-bond acceptors (Lipinski definition) is 9. The molecule has 0 aliphatic carbocycles. The summed E-state index contributed by atoms with van der Waals surface area (Å²) in [7, 11) is -1.38. The van der Waals surface area contributed by atoms with Gasteiger partial charge in [0.2, 0.25) is 11.9 Å². The highest BCUT2D eigenvalue weighted by Crippen LogP contribution is 2.14. The Morgan fingerprint density at radius 3 is 2.50 bits per heavy atom. The fourth-order valence-corrected chi connectivity index (χ4v) is 1.85. The molecule has 0 amide bonds. The molecule has 1 rings (SSSR count). The van der Waals surface area contributed by atoms with Crippen LogP contribution in [0.15, 0.2) is 0 Å². The molecule has 0 aliphatic heterocycles. The average Bonchev–Trinajstić information content (AvgIpc) is 2.33. The number of nitrogens with one attached hydrogen (secondary N) is 1. The van der Waals surface area contributed by atoms with Crippen LogP contribution in [0.2, 0.25) is 0 Å². The van der Waals surface area contributed by atoms with Crippen LogP contribution in [0.3, 0.4) is 0 Å². The summed E-state index contributed by atoms with van der Waals surface area (Å²) in [5.74, 6) is 5.72. The Balaban J connectivity index is 2.92. The van der Waals surface area contributed by atoms with Crippen molar-refractivity contribution in [1.29, 1.82) is 0 Å². The first kappa shape index (κ1) is 16.4. The van der Waals surface area contributed by atoms with Crippen LogP contribution in [0.4, 0.5) is 11.9 Å². The topological polar surface area (TPSA) is 123 Å². The summed E-state index contributed by atoms with van der Waals surface area (Å²) in [6.45, 7) is 3.94. The first-order chi connectivity index (χ1) is 9.21. The van der Waals surface area contributed by atoms with Crippen LogP contribution in [-0.2, 0) is 9.84 Å². The van der Waals surface area contributed by atoms with Crippen LogP contribution in [-0.4, -0.2) is 55.1 Å². The van der Waals surface area contributed by atoms with Crippen molar-refractivity contribution in [1.82, 2.24) is 15.0 Å². The molecule has 0 radical (unpaired) electrons. The summed E-state index contributed by atoms with van der Waals surface area (Å²) in [5.41, 5.74) is 2.32. The highest BCUT2D eigenvalue weighted by Gasteiger charge is 2.13. The van der Waals surface area contributed by atoms with Gasteiger partial charge in [-0.15, -0.1) is 0 Å². The number of nitrogens with zero attached hydrogens (tertiary/aromatic N) is 4. The second-order valence-corrected chi connectivity index (χ2v) is 6.86. The van der Waals surface area contributed by atoms with Gasteiger partial charge in [0.25, 0.3) is 0 Å². The highest BCUT2D eigenvalue weighted by atomic mass is 32.2. The summed E-state index contributed by atoms with van der Waals surface area (Å²) in [6, 6.07) is 0.129. The normalized spacial score (nSPS) is 11.5. The quantitative estimate of drug-likeness (QED) is 0.503. The first-order valence-electron chi connectivity index (χ1n) is 5.99. The van der Waals surface area contributed by atoms with E-state index in [4.69, 9.17) is 10.6 Å². The van der Waals surface area contributed by atoms with E-state index in [9.17, 15) is 8.42 Å². The molecule has 0 saturated carbocycles. The largest absolute Gasteiger partial charge is 0.461 e. The number of ether oxygens (including phenoxy) is 1. The predicted molar refractivity (Wildman–Crippen MR) is 76.4 cm³/mol. The Morgan fingerprint density at radius 2 is 2.00 bits per heavy atom. The van der Waals surface area contributed by atoms with Gasteiger partial charge in [0, 0.05) is 19.8 Å². The van der Waals surface area contributed by atoms with Gasteiger partial charge in [0.1, 0.15) is 9.84 Å². The lowest BCUT2D eigenvalue weighted by molar-refractivity contribution is 0.222. The van der Waals surface area contributed by atoms with Crippen molar-refractivity contribution in [2.24, 2.45) is 5.84 Å². The second kappa shape index (κ2) is 6.66. The molecule has 0 bridgehead atoms. The molecule has 0 fully saturated rings. The van der Waals surface area contributed by atoms with E-state index >= 15 is 0 Å². The molecule has 0 unspecified atom stereocenters. The van der Waals surface area contributed by atoms with Crippen molar-refractivity contribution in [3.05, 3.63) is 0 Å². The first-order valence-corrected chi connectivity index (χ1v) is 8.05. The van der Waals surface area contributed by atoms with E-state index in [1.807, 2.05) is 13.8 Å². The number of anilines is 2. The van der Waals surface area contributed by atoms with E-state index in [0.717, 1.165) is 0 Å². The highest BCUT2D eigenvalue weighted by molar-refractivity contribution is 7.90. The Kier molecular flexibility index (Phi) is 5.45. The molecular weight excluding hydrogens is 284 g/mol. The number of sulfone groups is 1. The number of nitrogens with two attached hydrogens (primary N) is 1. The van der Waals surface area contributed by atoms with E-state index in [-0.39, 0.29) is 36.3 Å². The minimum atomic E-state index is -3.06. The van der Waals surface area contributed by atoms with Gasteiger partial charge in [0.15, 0.2) is 0 Å². The number of aromatic nitrogens is 3. The number of hydrogen-bond donors (Lipinski definition) is 2. The molecule has 114 valence electrons. The van der Waals surface area contributed by atoms with E-state index < -0.39 is 9.84 Å². The van der Waals surface area contributed by atoms with Gasteiger partial charge in [-0.2, -0.15) is 15.0 Å². The maximum absolute atomic E-state index is 11.2. The maximum Gasteiger partial charge on any atom is 0.323 e. The zero-order valence-electron chi connectivity index (χ0n) is 12.0. The third-order valence-electron chi connectivity index (χ3n) is 2.21. The molecular formula is C10H20N6O3S. The lowest BCUT2D eigenvalue weighted by atomic mass is 10.5. The van der Waals surface area contributed by atoms with Gasteiger partial charge in [-0.05, 0) is 13.8 Å². The van der Waals surface area contributed by atoms with Gasteiger partial charge < -0.3 is 9.64 Å². The van der Waals surface area contributed by atoms with Crippen molar-refractivity contribution < 1.29 is 13.2 Å². The molecule has 3 N–H and O–H groups in total. The van der Waals surface area contributed by atoms with Gasteiger partial charge >= 0.3 is 6.01 Å². The molecule has 9 nitrogen and oxygen atoms in total. The van der Waals surface area contributed by atoms with E-state index in [1.54, 1.807) is 11.9 Å². The van der Waals surface area contributed by atoms with Crippen LogP contribution in [0.25, 0.3) is 0 Å². The Labute approximate surface area is 118 Å². The zero-order valence-corrected chi connectivity index (χ0v) is 12.8. The van der Waals surface area contributed by atoms with Crippen molar-refractivity contribution >= 4 is 21.7 Å². The molecule has 0 atom stereocenters. The standard InChI is InChI=1S/C10H20N6O3S/c1-7(2)19-10-13-8(15-11)12-9(14-10)16(3)5-6-20(4,17)18/h7H,5-6,11H2,1-4H3,(H,12,13,14,15). The van der Waals surface area contributed by atoms with Crippen LogP contribution in [0.1, 0.15) is 13.8 Å². The Hall–Kier alpha value is -1.68. The SMILES string of the molecule is CC(C)Oc1nc(NN)nc(N(C)CCS(C)(=O)=O)n1. The second-order valence-electron chi connectivity index (χ2n) is 4.60. The summed E-state index contributed by atoms with van der Waals surface area (Å²) in [5, 5.41) is 0. The summed E-state index contributed by atoms with van der Waals surface area (Å²) in [6.07, 6.45) is 1.08. The fourth-order valence-electron chi connectivity index (χ4n) is 1.25. The minimum absolute atomic E-state index is 0.000933. The molecule has 10 heteroatoms. The van der Waals surface area contributed by atoms with Crippen LogP contribution in [0, 0.1) is 0 Å². The van der Waals surface area contributed by atoms with E-state index in [1.165, 1.54) is 6.26 Å². The zero-order chi connectivity index (χ0) is 15.3. The monoisotopic (exact) mass is 304 g/mol. The van der Waals surface area contributed by atoms with Gasteiger partial charge in [0.05, 0.1) is 11.9 Å². The average molecular weight is 304 g/mol. The summed E-state index contributed by atoms with van der Waals surface area (Å²) < 4.78 is 27.7. The lowest BCUT2D eigenvalue weighted by Gasteiger charge is -2.18. The van der Waals surface area contributed by atoms with Gasteiger partial charge in [-0.3, -0.25) is 5.43 Å².